The lowest BCUT2D eigenvalue weighted by Crippen LogP contribution is -2.01. The molecule has 0 amide bonds. The number of aromatic amines is 1. The molecule has 1 heterocycles. The fourth-order valence-electron chi connectivity index (χ4n) is 1.55. The summed E-state index contributed by atoms with van der Waals surface area (Å²) in [7, 11) is 0. The summed E-state index contributed by atoms with van der Waals surface area (Å²) in [6.07, 6.45) is 0. The maximum absolute atomic E-state index is 13.6. The minimum atomic E-state index is -0.641. The van der Waals surface area contributed by atoms with E-state index in [9.17, 15) is 8.78 Å². The molecule has 0 radical (unpaired) electrons. The second-order valence-corrected chi connectivity index (χ2v) is 4.55. The van der Waals surface area contributed by atoms with Crippen molar-refractivity contribution in [2.24, 2.45) is 0 Å². The molecule has 1 aromatic carbocycles. The Morgan fingerprint density at radius 2 is 1.94 bits per heavy atom. The van der Waals surface area contributed by atoms with E-state index in [1.54, 1.807) is 6.07 Å². The van der Waals surface area contributed by atoms with E-state index in [0.29, 0.717) is 4.64 Å². The predicted octanol–water partition coefficient (Wildman–Crippen LogP) is 3.94. The first-order valence-corrected chi connectivity index (χ1v) is 5.67. The van der Waals surface area contributed by atoms with Crippen LogP contribution in [0.5, 0.6) is 0 Å². The normalized spacial score (nSPS) is 11.1. The predicted molar refractivity (Wildman–Crippen MR) is 65.0 cm³/mol. The number of nitrogens with zero attached hydrogens (tertiary/aromatic N) is 1. The van der Waals surface area contributed by atoms with Gasteiger partial charge in [0.25, 0.3) is 0 Å². The third-order valence-corrected chi connectivity index (χ3v) is 2.81. The van der Waals surface area contributed by atoms with Crippen molar-refractivity contribution in [1.82, 2.24) is 9.78 Å². The monoisotopic (exact) mass is 254 g/mol. The van der Waals surface area contributed by atoms with E-state index in [4.69, 9.17) is 12.2 Å². The van der Waals surface area contributed by atoms with Gasteiger partial charge in [-0.15, -0.1) is 0 Å². The number of hydrogen-bond acceptors (Lipinski definition) is 1. The van der Waals surface area contributed by atoms with Crippen LogP contribution < -0.4 is 0 Å². The molecule has 0 spiro atoms. The van der Waals surface area contributed by atoms with Crippen LogP contribution in [0.1, 0.15) is 25.5 Å². The molecule has 0 aliphatic rings. The summed E-state index contributed by atoms with van der Waals surface area (Å²) in [5, 5.41) is 3.01. The number of H-pyrrole nitrogens is 1. The molecule has 0 fully saturated rings. The van der Waals surface area contributed by atoms with E-state index < -0.39 is 11.6 Å². The van der Waals surface area contributed by atoms with E-state index in [0.717, 1.165) is 11.8 Å². The molecule has 0 saturated carbocycles. The van der Waals surface area contributed by atoms with Crippen LogP contribution in [-0.2, 0) is 0 Å². The number of nitrogens with one attached hydrogen (secondary N) is 1. The standard InChI is InChI=1S/C12H12F2N2S/c1-7(2)10-6-12(17)16(15-10)11-4-3-8(13)5-9(11)14/h3-7,15H,1-2H3. The summed E-state index contributed by atoms with van der Waals surface area (Å²) in [6, 6.07) is 5.19. The van der Waals surface area contributed by atoms with Gasteiger partial charge in [0, 0.05) is 11.8 Å². The van der Waals surface area contributed by atoms with E-state index >= 15 is 0 Å². The van der Waals surface area contributed by atoms with Gasteiger partial charge in [-0.05, 0) is 24.1 Å². The quantitative estimate of drug-likeness (QED) is 0.805. The number of halogens is 2. The zero-order valence-corrected chi connectivity index (χ0v) is 10.3. The molecule has 0 saturated heterocycles. The zero-order valence-electron chi connectivity index (χ0n) is 9.50. The molecule has 17 heavy (non-hydrogen) atoms. The second kappa shape index (κ2) is 4.41. The third-order valence-electron chi connectivity index (χ3n) is 2.51. The van der Waals surface area contributed by atoms with Crippen molar-refractivity contribution in [1.29, 1.82) is 0 Å². The maximum Gasteiger partial charge on any atom is 0.151 e. The van der Waals surface area contributed by atoms with Gasteiger partial charge in [0.1, 0.15) is 10.5 Å². The van der Waals surface area contributed by atoms with Crippen LogP contribution in [0.4, 0.5) is 8.78 Å². The molecule has 5 heteroatoms. The van der Waals surface area contributed by atoms with Crippen LogP contribution in [-0.4, -0.2) is 9.78 Å². The highest BCUT2D eigenvalue weighted by Gasteiger charge is 2.10. The summed E-state index contributed by atoms with van der Waals surface area (Å²) in [5.41, 5.74) is 1.14. The lowest BCUT2D eigenvalue weighted by atomic mass is 10.1. The molecule has 0 unspecified atom stereocenters. The van der Waals surface area contributed by atoms with E-state index in [1.165, 1.54) is 16.8 Å². The van der Waals surface area contributed by atoms with Crippen LogP contribution in [0.25, 0.3) is 5.69 Å². The molecule has 1 N–H and O–H groups in total. The summed E-state index contributed by atoms with van der Waals surface area (Å²) >= 11 is 5.14. The highest BCUT2D eigenvalue weighted by atomic mass is 32.1. The topological polar surface area (TPSA) is 20.7 Å². The first-order valence-electron chi connectivity index (χ1n) is 5.26. The largest absolute Gasteiger partial charge is 0.297 e. The van der Waals surface area contributed by atoms with E-state index in [2.05, 4.69) is 5.10 Å². The Labute approximate surface area is 103 Å². The molecule has 2 aromatic rings. The van der Waals surface area contributed by atoms with Gasteiger partial charge >= 0.3 is 0 Å². The van der Waals surface area contributed by atoms with Gasteiger partial charge in [-0.1, -0.05) is 26.1 Å². The average Bonchev–Trinajstić information content (AvgIpc) is 2.61. The molecular formula is C12H12F2N2S. The van der Waals surface area contributed by atoms with Crippen LogP contribution >= 0.6 is 12.2 Å². The SMILES string of the molecule is CC(C)c1cc(=S)n(-c2ccc(F)cc2F)[nH]1. The van der Waals surface area contributed by atoms with Crippen molar-refractivity contribution in [3.8, 4) is 5.69 Å². The van der Waals surface area contributed by atoms with E-state index in [-0.39, 0.29) is 11.6 Å². The van der Waals surface area contributed by atoms with E-state index in [1.807, 2.05) is 13.8 Å². The fraction of sp³-hybridized carbons (Fsp3) is 0.250. The van der Waals surface area contributed by atoms with Crippen LogP contribution in [0.2, 0.25) is 0 Å². The van der Waals surface area contributed by atoms with Gasteiger partial charge < -0.3 is 0 Å². The Kier molecular flexibility index (Phi) is 3.11. The van der Waals surface area contributed by atoms with Crippen molar-refractivity contribution >= 4 is 12.2 Å². The minimum absolute atomic E-state index is 0.225. The Hall–Kier alpha value is -1.49. The summed E-state index contributed by atoms with van der Waals surface area (Å²) in [5.74, 6) is -0.979. The van der Waals surface area contributed by atoms with Crippen LogP contribution in [0.15, 0.2) is 24.3 Å². The van der Waals surface area contributed by atoms with Gasteiger partial charge in [-0.2, -0.15) is 0 Å². The lowest BCUT2D eigenvalue weighted by Gasteiger charge is -2.05. The van der Waals surface area contributed by atoms with Gasteiger partial charge in [-0.25, -0.2) is 13.5 Å². The Bertz CT molecular complexity index is 599. The average molecular weight is 254 g/mol. The highest BCUT2D eigenvalue weighted by molar-refractivity contribution is 7.71. The highest BCUT2D eigenvalue weighted by Crippen LogP contribution is 2.18. The van der Waals surface area contributed by atoms with Crippen molar-refractivity contribution < 1.29 is 8.78 Å². The van der Waals surface area contributed by atoms with Crippen LogP contribution in [0, 0.1) is 16.3 Å². The van der Waals surface area contributed by atoms with Gasteiger partial charge in [0.05, 0.1) is 5.69 Å². The Balaban J connectivity index is 2.57. The molecule has 0 aliphatic heterocycles. The maximum atomic E-state index is 13.6. The number of aromatic nitrogens is 2. The lowest BCUT2D eigenvalue weighted by molar-refractivity contribution is 0.572. The smallest absolute Gasteiger partial charge is 0.151 e. The third kappa shape index (κ3) is 2.29. The molecule has 0 aliphatic carbocycles. The molecule has 90 valence electrons. The van der Waals surface area contributed by atoms with Crippen molar-refractivity contribution in [2.75, 3.05) is 0 Å². The summed E-state index contributed by atoms with van der Waals surface area (Å²) in [6.45, 7) is 4.01. The first-order chi connectivity index (χ1) is 7.99. The van der Waals surface area contributed by atoms with Crippen LogP contribution in [0.3, 0.4) is 0 Å². The fourth-order valence-corrected chi connectivity index (χ4v) is 1.82. The number of rotatable bonds is 2. The summed E-state index contributed by atoms with van der Waals surface area (Å²) in [4.78, 5) is 0. The Morgan fingerprint density at radius 1 is 1.24 bits per heavy atom. The van der Waals surface area contributed by atoms with Gasteiger partial charge in [0.2, 0.25) is 0 Å². The van der Waals surface area contributed by atoms with Crippen molar-refractivity contribution in [3.05, 3.63) is 46.2 Å². The molecule has 0 atom stereocenters. The van der Waals surface area contributed by atoms with Crippen molar-refractivity contribution in [3.63, 3.8) is 0 Å². The van der Waals surface area contributed by atoms with Gasteiger partial charge in [0.15, 0.2) is 5.82 Å². The number of hydrogen-bond donors (Lipinski definition) is 1. The molecule has 0 bridgehead atoms. The van der Waals surface area contributed by atoms with Crippen molar-refractivity contribution in [2.45, 2.75) is 19.8 Å². The Morgan fingerprint density at radius 3 is 2.47 bits per heavy atom. The van der Waals surface area contributed by atoms with Gasteiger partial charge in [-0.3, -0.25) is 5.10 Å². The zero-order chi connectivity index (χ0) is 12.6. The minimum Gasteiger partial charge on any atom is -0.297 e. The summed E-state index contributed by atoms with van der Waals surface area (Å²) < 4.78 is 28.3. The molecule has 2 nitrogen and oxygen atoms in total. The molecule has 2 rings (SSSR count). The first kappa shape index (κ1) is 12.0. The number of benzene rings is 1. The molecule has 1 aromatic heterocycles. The second-order valence-electron chi connectivity index (χ2n) is 4.14. The molecular weight excluding hydrogens is 242 g/mol.